The minimum Gasteiger partial charge on any atom is -0.477 e. The van der Waals surface area contributed by atoms with Crippen LogP contribution in [-0.4, -0.2) is 39.4 Å². The molecule has 2 heterocycles. The van der Waals surface area contributed by atoms with Gasteiger partial charge in [-0.25, -0.2) is 14.4 Å². The third kappa shape index (κ3) is 4.51. The van der Waals surface area contributed by atoms with Gasteiger partial charge < -0.3 is 15.4 Å². The average molecular weight is 415 g/mol. The van der Waals surface area contributed by atoms with E-state index in [0.717, 1.165) is 0 Å². The Kier molecular flexibility index (Phi) is 6.38. The molecule has 0 bridgehead atoms. The van der Waals surface area contributed by atoms with Crippen LogP contribution >= 0.6 is 11.3 Å². The number of rotatable bonds is 7. The second-order valence-corrected chi connectivity index (χ2v) is 7.21. The molecule has 0 saturated carbocycles. The number of nitrogens with two attached hydrogens (primary N) is 1. The molecule has 2 aromatic heterocycles. The van der Waals surface area contributed by atoms with E-state index >= 15 is 0 Å². The first-order chi connectivity index (χ1) is 13.9. The molecule has 3 rings (SSSR count). The number of anilines is 1. The Bertz CT molecular complexity index is 1010. The molecular weight excluding hydrogens is 393 g/mol. The Morgan fingerprint density at radius 1 is 1.31 bits per heavy atom. The van der Waals surface area contributed by atoms with Gasteiger partial charge in [0.05, 0.1) is 42.0 Å². The highest BCUT2D eigenvalue weighted by Crippen LogP contribution is 2.28. The van der Waals surface area contributed by atoms with Crippen molar-refractivity contribution in [1.29, 1.82) is 0 Å². The van der Waals surface area contributed by atoms with E-state index in [-0.39, 0.29) is 11.6 Å². The Balaban J connectivity index is 1.85. The highest BCUT2D eigenvalue weighted by molar-refractivity contribution is 7.13. The summed E-state index contributed by atoms with van der Waals surface area (Å²) in [7, 11) is 1.64. The molecule has 2 N–H and O–H groups in total. The SMILES string of the molecule is CCOc1cncc(-c2ccc(C(=O)N(C)C(CC)c3csc(N)n3)c(F)c2)n1. The quantitative estimate of drug-likeness (QED) is 0.628. The summed E-state index contributed by atoms with van der Waals surface area (Å²) in [5.74, 6) is -0.698. The van der Waals surface area contributed by atoms with Crippen LogP contribution in [0.3, 0.4) is 0 Å². The van der Waals surface area contributed by atoms with Crippen molar-refractivity contribution in [3.63, 3.8) is 0 Å². The minimum absolute atomic E-state index is 0.0215. The Hall–Kier alpha value is -3.07. The smallest absolute Gasteiger partial charge is 0.257 e. The fraction of sp³-hybridized carbons (Fsp3) is 0.300. The summed E-state index contributed by atoms with van der Waals surface area (Å²) in [5.41, 5.74) is 7.36. The van der Waals surface area contributed by atoms with E-state index in [9.17, 15) is 9.18 Å². The third-order valence-corrected chi connectivity index (χ3v) is 5.15. The number of thiazole rings is 1. The molecule has 0 aliphatic rings. The van der Waals surface area contributed by atoms with E-state index in [1.165, 1.54) is 40.8 Å². The predicted molar refractivity (Wildman–Crippen MR) is 110 cm³/mol. The summed E-state index contributed by atoms with van der Waals surface area (Å²) in [6.07, 6.45) is 3.64. The molecule has 152 valence electrons. The summed E-state index contributed by atoms with van der Waals surface area (Å²) >= 11 is 1.31. The number of hydrogen-bond acceptors (Lipinski definition) is 7. The van der Waals surface area contributed by atoms with Crippen LogP contribution in [0.15, 0.2) is 36.0 Å². The van der Waals surface area contributed by atoms with Gasteiger partial charge >= 0.3 is 0 Å². The molecule has 0 radical (unpaired) electrons. The second-order valence-electron chi connectivity index (χ2n) is 6.32. The van der Waals surface area contributed by atoms with Crippen LogP contribution < -0.4 is 10.5 Å². The largest absolute Gasteiger partial charge is 0.477 e. The van der Waals surface area contributed by atoms with E-state index in [1.54, 1.807) is 13.1 Å². The van der Waals surface area contributed by atoms with Crippen LogP contribution in [0.5, 0.6) is 5.88 Å². The van der Waals surface area contributed by atoms with Gasteiger partial charge in [0.25, 0.3) is 5.91 Å². The maximum atomic E-state index is 14.8. The van der Waals surface area contributed by atoms with Crippen LogP contribution in [0.25, 0.3) is 11.3 Å². The molecule has 29 heavy (non-hydrogen) atoms. The zero-order valence-corrected chi connectivity index (χ0v) is 17.2. The number of benzene rings is 1. The van der Waals surface area contributed by atoms with Crippen molar-refractivity contribution in [2.45, 2.75) is 26.3 Å². The van der Waals surface area contributed by atoms with E-state index in [1.807, 2.05) is 19.2 Å². The molecule has 1 aromatic carbocycles. The lowest BCUT2D eigenvalue weighted by molar-refractivity contribution is 0.0718. The van der Waals surface area contributed by atoms with Gasteiger partial charge in [0.2, 0.25) is 5.88 Å². The van der Waals surface area contributed by atoms with Crippen LogP contribution in [0.1, 0.15) is 42.4 Å². The van der Waals surface area contributed by atoms with Crippen molar-refractivity contribution < 1.29 is 13.9 Å². The summed E-state index contributed by atoms with van der Waals surface area (Å²) in [6, 6.07) is 4.10. The number of hydrogen-bond donors (Lipinski definition) is 1. The van der Waals surface area contributed by atoms with Gasteiger partial charge in [-0.3, -0.25) is 9.78 Å². The van der Waals surface area contributed by atoms with E-state index in [2.05, 4.69) is 15.0 Å². The van der Waals surface area contributed by atoms with Crippen LogP contribution in [0.4, 0.5) is 9.52 Å². The van der Waals surface area contributed by atoms with Crippen molar-refractivity contribution in [3.05, 3.63) is 53.0 Å². The van der Waals surface area contributed by atoms with Gasteiger partial charge in [0.15, 0.2) is 5.13 Å². The zero-order chi connectivity index (χ0) is 21.0. The van der Waals surface area contributed by atoms with E-state index < -0.39 is 11.7 Å². The first kappa shape index (κ1) is 20.7. The number of carbonyl (C=O) groups is 1. The first-order valence-electron chi connectivity index (χ1n) is 9.17. The fourth-order valence-corrected chi connectivity index (χ4v) is 3.63. The van der Waals surface area contributed by atoms with Crippen LogP contribution in [-0.2, 0) is 0 Å². The lowest BCUT2D eigenvalue weighted by Crippen LogP contribution is -2.31. The number of amides is 1. The van der Waals surface area contributed by atoms with Gasteiger partial charge in [-0.05, 0) is 25.5 Å². The first-order valence-corrected chi connectivity index (χ1v) is 10.0. The van der Waals surface area contributed by atoms with Crippen molar-refractivity contribution >= 4 is 22.4 Å². The third-order valence-electron chi connectivity index (χ3n) is 4.46. The van der Waals surface area contributed by atoms with Crippen molar-refractivity contribution in [3.8, 4) is 17.1 Å². The highest BCUT2D eigenvalue weighted by atomic mass is 32.1. The van der Waals surface area contributed by atoms with Crippen LogP contribution in [0.2, 0.25) is 0 Å². The average Bonchev–Trinajstić information content (AvgIpc) is 3.14. The Morgan fingerprint density at radius 2 is 2.10 bits per heavy atom. The number of nitrogens with zero attached hydrogens (tertiary/aromatic N) is 4. The summed E-state index contributed by atoms with van der Waals surface area (Å²) in [6.45, 7) is 4.23. The van der Waals surface area contributed by atoms with Gasteiger partial charge in [0.1, 0.15) is 5.82 Å². The molecule has 1 unspecified atom stereocenters. The van der Waals surface area contributed by atoms with E-state index in [0.29, 0.717) is 41.0 Å². The minimum atomic E-state index is -0.629. The standard InChI is InChI=1S/C20H22FN5O2S/c1-4-17(16-11-29-20(22)25-16)26(3)19(27)13-7-6-12(8-14(13)21)15-9-23-10-18(24-15)28-5-2/h6-11,17H,4-5H2,1-3H3,(H2,22,25). The van der Waals surface area contributed by atoms with Gasteiger partial charge in [0, 0.05) is 18.0 Å². The monoisotopic (exact) mass is 415 g/mol. The number of carbonyl (C=O) groups excluding carboxylic acids is 1. The number of ether oxygens (including phenoxy) is 1. The molecule has 7 nitrogen and oxygen atoms in total. The molecule has 1 atom stereocenters. The van der Waals surface area contributed by atoms with Gasteiger partial charge in [-0.1, -0.05) is 13.0 Å². The van der Waals surface area contributed by atoms with Crippen molar-refractivity contribution in [1.82, 2.24) is 19.9 Å². The molecule has 0 fully saturated rings. The zero-order valence-electron chi connectivity index (χ0n) is 16.4. The molecule has 3 aromatic rings. The lowest BCUT2D eigenvalue weighted by Gasteiger charge is -2.26. The van der Waals surface area contributed by atoms with Crippen molar-refractivity contribution in [2.24, 2.45) is 0 Å². The molecule has 0 aliphatic carbocycles. The predicted octanol–water partition coefficient (Wildman–Crippen LogP) is 3.94. The molecular formula is C20H22FN5O2S. The topological polar surface area (TPSA) is 94.2 Å². The molecule has 1 amide bonds. The van der Waals surface area contributed by atoms with Gasteiger partial charge in [-0.2, -0.15) is 0 Å². The lowest BCUT2D eigenvalue weighted by atomic mass is 10.1. The number of nitrogen functional groups attached to an aromatic ring is 1. The highest BCUT2D eigenvalue weighted by Gasteiger charge is 2.25. The van der Waals surface area contributed by atoms with Crippen LogP contribution in [0, 0.1) is 5.82 Å². The number of aromatic nitrogens is 3. The Labute approximate surface area is 172 Å². The maximum Gasteiger partial charge on any atom is 0.257 e. The van der Waals surface area contributed by atoms with E-state index in [4.69, 9.17) is 10.5 Å². The summed E-state index contributed by atoms with van der Waals surface area (Å²) < 4.78 is 20.1. The fourth-order valence-electron chi connectivity index (χ4n) is 3.02. The summed E-state index contributed by atoms with van der Waals surface area (Å²) in [4.78, 5) is 27.0. The molecule has 0 aliphatic heterocycles. The maximum absolute atomic E-state index is 14.8. The molecule has 0 saturated heterocycles. The number of halogens is 1. The normalized spacial score (nSPS) is 11.9. The second kappa shape index (κ2) is 8.95. The summed E-state index contributed by atoms with van der Waals surface area (Å²) in [5, 5.41) is 2.25. The Morgan fingerprint density at radius 3 is 2.72 bits per heavy atom. The van der Waals surface area contributed by atoms with Crippen molar-refractivity contribution in [2.75, 3.05) is 19.4 Å². The van der Waals surface area contributed by atoms with Gasteiger partial charge in [-0.15, -0.1) is 11.3 Å². The molecule has 9 heteroatoms. The molecule has 0 spiro atoms.